The largest absolute Gasteiger partial charge is 0.353 e. The summed E-state index contributed by atoms with van der Waals surface area (Å²) in [7, 11) is -1.99. The van der Waals surface area contributed by atoms with Gasteiger partial charge in [-0.2, -0.15) is 4.31 Å². The van der Waals surface area contributed by atoms with Crippen molar-refractivity contribution in [1.29, 1.82) is 0 Å². The molecule has 0 fully saturated rings. The molecule has 0 spiro atoms. The minimum absolute atomic E-state index is 0.0857. The quantitative estimate of drug-likeness (QED) is 0.538. The molecule has 0 bridgehead atoms. The van der Waals surface area contributed by atoms with Crippen LogP contribution in [0.3, 0.4) is 0 Å². The zero-order valence-electron chi connectivity index (χ0n) is 20.4. The van der Waals surface area contributed by atoms with Crippen LogP contribution in [0, 0.1) is 5.92 Å². The van der Waals surface area contributed by atoms with E-state index in [2.05, 4.69) is 5.32 Å². The predicted octanol–water partition coefficient (Wildman–Crippen LogP) is 3.46. The van der Waals surface area contributed by atoms with Crippen LogP contribution >= 0.6 is 0 Å². The predicted molar refractivity (Wildman–Crippen MR) is 130 cm³/mol. The van der Waals surface area contributed by atoms with E-state index in [1.165, 1.54) is 23.4 Å². The van der Waals surface area contributed by atoms with Crippen LogP contribution in [0.15, 0.2) is 47.5 Å². The molecule has 1 N–H and O–H groups in total. The maximum absolute atomic E-state index is 13.5. The van der Waals surface area contributed by atoms with Gasteiger partial charge in [0, 0.05) is 44.1 Å². The van der Waals surface area contributed by atoms with Crippen LogP contribution < -0.4 is 5.32 Å². The third-order valence-corrected chi connectivity index (χ3v) is 7.47. The number of benzene rings is 1. The van der Waals surface area contributed by atoms with Gasteiger partial charge in [0.2, 0.25) is 21.8 Å². The van der Waals surface area contributed by atoms with Gasteiger partial charge in [-0.3, -0.25) is 9.59 Å². The molecule has 1 unspecified atom stereocenters. The molecule has 9 heteroatoms. The molecule has 1 heterocycles. The van der Waals surface area contributed by atoms with Crippen molar-refractivity contribution in [3.05, 3.63) is 48.3 Å². The fourth-order valence-electron chi connectivity index (χ4n) is 3.52. The second kappa shape index (κ2) is 11.5. The van der Waals surface area contributed by atoms with E-state index in [0.717, 1.165) is 5.69 Å². The summed E-state index contributed by atoms with van der Waals surface area (Å²) in [5.74, 6) is -0.228. The van der Waals surface area contributed by atoms with Crippen molar-refractivity contribution in [3.8, 4) is 0 Å². The van der Waals surface area contributed by atoms with E-state index in [1.807, 2.05) is 50.7 Å². The highest BCUT2D eigenvalue weighted by molar-refractivity contribution is 7.89. The van der Waals surface area contributed by atoms with Gasteiger partial charge in [-0.15, -0.1) is 0 Å². The van der Waals surface area contributed by atoms with Crippen LogP contribution in [0.5, 0.6) is 0 Å². The lowest BCUT2D eigenvalue weighted by Gasteiger charge is -2.31. The first-order valence-electron chi connectivity index (χ1n) is 11.2. The number of carbonyl (C=O) groups is 2. The van der Waals surface area contributed by atoms with Gasteiger partial charge >= 0.3 is 0 Å². The van der Waals surface area contributed by atoms with Crippen molar-refractivity contribution in [3.63, 3.8) is 0 Å². The summed E-state index contributed by atoms with van der Waals surface area (Å²) in [5, 5.41) is 2.63. The van der Waals surface area contributed by atoms with Gasteiger partial charge in [0.25, 0.3) is 0 Å². The summed E-state index contributed by atoms with van der Waals surface area (Å²) in [5.41, 5.74) is 1.49. The Morgan fingerprint density at radius 2 is 1.73 bits per heavy atom. The normalized spacial score (nSPS) is 12.7. The maximum atomic E-state index is 13.5. The molecule has 1 atom stereocenters. The summed E-state index contributed by atoms with van der Waals surface area (Å²) >= 11 is 0. The van der Waals surface area contributed by atoms with Gasteiger partial charge in [0.15, 0.2) is 0 Å². The maximum Gasteiger partial charge on any atom is 0.243 e. The number of hydrogen-bond acceptors (Lipinski definition) is 4. The molecule has 0 radical (unpaired) electrons. The van der Waals surface area contributed by atoms with E-state index in [9.17, 15) is 18.0 Å². The smallest absolute Gasteiger partial charge is 0.243 e. The Bertz CT molecular complexity index is 1040. The van der Waals surface area contributed by atoms with Crippen LogP contribution in [0.4, 0.5) is 5.69 Å². The number of anilines is 1. The van der Waals surface area contributed by atoms with E-state index in [4.69, 9.17) is 0 Å². The van der Waals surface area contributed by atoms with Gasteiger partial charge in [0.1, 0.15) is 0 Å². The number of aryl methyl sites for hydroxylation is 1. The molecule has 2 rings (SSSR count). The van der Waals surface area contributed by atoms with Crippen LogP contribution in [-0.4, -0.2) is 53.1 Å². The molecule has 0 aliphatic heterocycles. The number of nitrogens with one attached hydrogen (secondary N) is 1. The first-order valence-corrected chi connectivity index (χ1v) is 12.7. The van der Waals surface area contributed by atoms with E-state index < -0.39 is 10.0 Å². The van der Waals surface area contributed by atoms with E-state index in [-0.39, 0.29) is 35.2 Å². The summed E-state index contributed by atoms with van der Waals surface area (Å²) in [6, 6.07) is 9.53. The summed E-state index contributed by atoms with van der Waals surface area (Å²) in [4.78, 5) is 26.4. The van der Waals surface area contributed by atoms with Crippen molar-refractivity contribution >= 4 is 27.5 Å². The first-order chi connectivity index (χ1) is 15.4. The number of aromatic nitrogens is 1. The van der Waals surface area contributed by atoms with Gasteiger partial charge < -0.3 is 14.8 Å². The summed E-state index contributed by atoms with van der Waals surface area (Å²) in [6.07, 6.45) is 2.49. The van der Waals surface area contributed by atoms with Crippen LogP contribution in [0.25, 0.3) is 0 Å². The molecular formula is C24H36N4O4S. The SMILES string of the molecule is CCC(C)N(CC(=O)N(Cc1cccn1C)CC(C)C)S(=O)(=O)c1ccc(NC(C)=O)cc1. The summed E-state index contributed by atoms with van der Waals surface area (Å²) < 4.78 is 30.2. The van der Waals surface area contributed by atoms with Crippen LogP contribution in [0.2, 0.25) is 0 Å². The van der Waals surface area contributed by atoms with Gasteiger partial charge in [-0.25, -0.2) is 8.42 Å². The third kappa shape index (κ3) is 7.17. The standard InChI is InChI=1S/C24H36N4O4S/c1-7-19(4)28(33(31,32)23-12-10-21(11-13-23)25-20(5)29)17-24(30)27(15-18(2)3)16-22-9-8-14-26(22)6/h8-14,18-19H,7,15-17H2,1-6H3,(H,25,29). The van der Waals surface area contributed by atoms with Crippen molar-refractivity contribution in [2.75, 3.05) is 18.4 Å². The molecule has 182 valence electrons. The second-order valence-corrected chi connectivity index (χ2v) is 10.7. The van der Waals surface area contributed by atoms with Crippen molar-refractivity contribution in [1.82, 2.24) is 13.8 Å². The molecule has 33 heavy (non-hydrogen) atoms. The number of nitrogens with zero attached hydrogens (tertiary/aromatic N) is 3. The van der Waals surface area contributed by atoms with E-state index >= 15 is 0 Å². The molecule has 0 saturated heterocycles. The Labute approximate surface area is 197 Å². The zero-order chi connectivity index (χ0) is 24.8. The number of amides is 2. The Morgan fingerprint density at radius 1 is 1.09 bits per heavy atom. The first kappa shape index (κ1) is 26.6. The van der Waals surface area contributed by atoms with Crippen molar-refractivity contribution in [2.45, 2.75) is 58.5 Å². The second-order valence-electron chi connectivity index (χ2n) is 8.79. The molecule has 8 nitrogen and oxygen atoms in total. The number of sulfonamides is 1. The highest BCUT2D eigenvalue weighted by Crippen LogP contribution is 2.22. The van der Waals surface area contributed by atoms with Crippen molar-refractivity contribution < 1.29 is 18.0 Å². The van der Waals surface area contributed by atoms with Crippen molar-refractivity contribution in [2.24, 2.45) is 13.0 Å². The van der Waals surface area contributed by atoms with E-state index in [0.29, 0.717) is 25.2 Å². The number of hydrogen-bond donors (Lipinski definition) is 1. The molecule has 1 aromatic carbocycles. The third-order valence-electron chi connectivity index (χ3n) is 5.50. The molecule has 0 saturated carbocycles. The van der Waals surface area contributed by atoms with Gasteiger partial charge in [-0.05, 0) is 55.7 Å². The topological polar surface area (TPSA) is 91.7 Å². The molecule has 1 aromatic heterocycles. The van der Waals surface area contributed by atoms with Crippen LogP contribution in [0.1, 0.15) is 46.7 Å². The molecular weight excluding hydrogens is 440 g/mol. The Morgan fingerprint density at radius 3 is 2.21 bits per heavy atom. The number of rotatable bonds is 11. The lowest BCUT2D eigenvalue weighted by molar-refractivity contribution is -0.133. The Balaban J connectivity index is 2.31. The fourth-order valence-corrected chi connectivity index (χ4v) is 5.17. The molecule has 2 amide bonds. The molecule has 0 aliphatic rings. The Hall–Kier alpha value is -2.65. The summed E-state index contributed by atoms with van der Waals surface area (Å²) in [6.45, 7) is 9.87. The average molecular weight is 477 g/mol. The fraction of sp³-hybridized carbons (Fsp3) is 0.500. The minimum Gasteiger partial charge on any atom is -0.353 e. The van der Waals surface area contributed by atoms with Crippen LogP contribution in [-0.2, 0) is 33.2 Å². The Kier molecular flexibility index (Phi) is 9.25. The highest BCUT2D eigenvalue weighted by atomic mass is 32.2. The van der Waals surface area contributed by atoms with E-state index in [1.54, 1.807) is 24.0 Å². The molecule has 2 aromatic rings. The van der Waals surface area contributed by atoms with Gasteiger partial charge in [0.05, 0.1) is 18.0 Å². The molecule has 0 aliphatic carbocycles. The highest BCUT2D eigenvalue weighted by Gasteiger charge is 2.32. The average Bonchev–Trinajstić information content (AvgIpc) is 3.14. The number of carbonyl (C=O) groups excluding carboxylic acids is 2. The van der Waals surface area contributed by atoms with Gasteiger partial charge in [-0.1, -0.05) is 20.8 Å². The monoisotopic (exact) mass is 476 g/mol. The minimum atomic E-state index is -3.92. The lowest BCUT2D eigenvalue weighted by Crippen LogP contribution is -2.47. The lowest BCUT2D eigenvalue weighted by atomic mass is 10.2. The zero-order valence-corrected chi connectivity index (χ0v) is 21.2.